The van der Waals surface area contributed by atoms with Crippen molar-refractivity contribution in [3.8, 4) is 0 Å². The number of sulfone groups is 1. The lowest BCUT2D eigenvalue weighted by Crippen LogP contribution is -2.39. The van der Waals surface area contributed by atoms with Gasteiger partial charge in [0.25, 0.3) is 0 Å². The molecular weight excluding hydrogens is 272 g/mol. The SMILES string of the molecule is NCc1ccc(CN2CCS(=O)(=O)CC2)c(Cl)c1. The Kier molecular flexibility index (Phi) is 4.27. The summed E-state index contributed by atoms with van der Waals surface area (Å²) < 4.78 is 22.7. The lowest BCUT2D eigenvalue weighted by molar-refractivity contribution is 0.288. The molecule has 2 N–H and O–H groups in total. The van der Waals surface area contributed by atoms with Gasteiger partial charge in [-0.1, -0.05) is 23.7 Å². The van der Waals surface area contributed by atoms with Gasteiger partial charge in [0.1, 0.15) is 0 Å². The molecule has 0 bridgehead atoms. The van der Waals surface area contributed by atoms with Crippen LogP contribution in [0.25, 0.3) is 0 Å². The van der Waals surface area contributed by atoms with E-state index in [9.17, 15) is 8.42 Å². The lowest BCUT2D eigenvalue weighted by Gasteiger charge is -2.26. The standard InChI is InChI=1S/C12H17ClN2O2S/c13-12-7-10(8-14)1-2-11(12)9-15-3-5-18(16,17)6-4-15/h1-2,7H,3-6,8-9,14H2. The molecule has 1 fully saturated rings. The number of nitrogens with zero attached hydrogens (tertiary/aromatic N) is 1. The van der Waals surface area contributed by atoms with Crippen LogP contribution in [0.3, 0.4) is 0 Å². The van der Waals surface area contributed by atoms with Crippen molar-refractivity contribution in [2.24, 2.45) is 5.73 Å². The first kappa shape index (κ1) is 13.8. The third-order valence-corrected chi connectivity index (χ3v) is 5.15. The van der Waals surface area contributed by atoms with E-state index >= 15 is 0 Å². The Morgan fingerprint density at radius 2 is 1.94 bits per heavy atom. The maximum atomic E-state index is 11.3. The predicted octanol–water partition coefficient (Wildman–Crippen LogP) is 1.03. The summed E-state index contributed by atoms with van der Waals surface area (Å²) in [5.41, 5.74) is 7.57. The second-order valence-corrected chi connectivity index (χ2v) is 7.27. The zero-order chi connectivity index (χ0) is 13.2. The number of rotatable bonds is 3. The van der Waals surface area contributed by atoms with E-state index in [1.54, 1.807) is 0 Å². The molecule has 0 aliphatic carbocycles. The average Bonchev–Trinajstić information content (AvgIpc) is 2.34. The van der Waals surface area contributed by atoms with E-state index in [4.69, 9.17) is 17.3 Å². The summed E-state index contributed by atoms with van der Waals surface area (Å²) in [6.45, 7) is 2.33. The molecule has 1 aliphatic heterocycles. The monoisotopic (exact) mass is 288 g/mol. The normalized spacial score (nSPS) is 19.9. The van der Waals surface area contributed by atoms with Gasteiger partial charge in [-0.25, -0.2) is 8.42 Å². The first-order valence-electron chi connectivity index (χ1n) is 5.90. The van der Waals surface area contributed by atoms with Crippen molar-refractivity contribution in [2.45, 2.75) is 13.1 Å². The van der Waals surface area contributed by atoms with Gasteiger partial charge in [0.2, 0.25) is 0 Å². The van der Waals surface area contributed by atoms with Crippen molar-refractivity contribution < 1.29 is 8.42 Å². The van der Waals surface area contributed by atoms with Gasteiger partial charge in [0.05, 0.1) is 11.5 Å². The Morgan fingerprint density at radius 3 is 2.50 bits per heavy atom. The second kappa shape index (κ2) is 5.57. The summed E-state index contributed by atoms with van der Waals surface area (Å²) in [4.78, 5) is 2.12. The van der Waals surface area contributed by atoms with Crippen LogP contribution in [0.1, 0.15) is 11.1 Å². The van der Waals surface area contributed by atoms with Crippen molar-refractivity contribution in [3.63, 3.8) is 0 Å². The minimum Gasteiger partial charge on any atom is -0.326 e. The zero-order valence-corrected chi connectivity index (χ0v) is 11.7. The fraction of sp³-hybridized carbons (Fsp3) is 0.500. The molecule has 6 heteroatoms. The quantitative estimate of drug-likeness (QED) is 0.902. The van der Waals surface area contributed by atoms with Crippen LogP contribution in [0.2, 0.25) is 5.02 Å². The van der Waals surface area contributed by atoms with E-state index in [1.807, 2.05) is 18.2 Å². The molecule has 0 spiro atoms. The van der Waals surface area contributed by atoms with Crippen LogP contribution in [0.5, 0.6) is 0 Å². The van der Waals surface area contributed by atoms with Crippen LogP contribution in [0.4, 0.5) is 0 Å². The maximum Gasteiger partial charge on any atom is 0.152 e. The summed E-state index contributed by atoms with van der Waals surface area (Å²) >= 11 is 6.18. The third kappa shape index (κ3) is 3.45. The van der Waals surface area contributed by atoms with Crippen molar-refractivity contribution in [3.05, 3.63) is 34.3 Å². The average molecular weight is 289 g/mol. The van der Waals surface area contributed by atoms with Gasteiger partial charge in [0, 0.05) is 31.2 Å². The second-order valence-electron chi connectivity index (χ2n) is 4.56. The fourth-order valence-electron chi connectivity index (χ4n) is 2.00. The van der Waals surface area contributed by atoms with E-state index < -0.39 is 9.84 Å². The van der Waals surface area contributed by atoms with Crippen molar-refractivity contribution >= 4 is 21.4 Å². The highest BCUT2D eigenvalue weighted by Crippen LogP contribution is 2.20. The van der Waals surface area contributed by atoms with Gasteiger partial charge in [-0.05, 0) is 17.2 Å². The van der Waals surface area contributed by atoms with Crippen molar-refractivity contribution in [2.75, 3.05) is 24.6 Å². The van der Waals surface area contributed by atoms with Gasteiger partial charge in [-0.2, -0.15) is 0 Å². The molecule has 0 amide bonds. The van der Waals surface area contributed by atoms with E-state index in [2.05, 4.69) is 4.90 Å². The molecule has 1 aromatic carbocycles. The van der Waals surface area contributed by atoms with E-state index in [-0.39, 0.29) is 11.5 Å². The fourth-order valence-corrected chi connectivity index (χ4v) is 3.54. The number of hydrogen-bond acceptors (Lipinski definition) is 4. The Morgan fingerprint density at radius 1 is 1.28 bits per heavy atom. The highest BCUT2D eigenvalue weighted by atomic mass is 35.5. The molecule has 0 aromatic heterocycles. The third-order valence-electron chi connectivity index (χ3n) is 3.18. The van der Waals surface area contributed by atoms with E-state index in [1.165, 1.54) is 0 Å². The summed E-state index contributed by atoms with van der Waals surface area (Å²) in [6.07, 6.45) is 0. The molecule has 4 nitrogen and oxygen atoms in total. The Labute approximate surface area is 113 Å². The van der Waals surface area contributed by atoms with Gasteiger partial charge in [-0.15, -0.1) is 0 Å². The van der Waals surface area contributed by atoms with Crippen molar-refractivity contribution in [1.29, 1.82) is 0 Å². The summed E-state index contributed by atoms with van der Waals surface area (Å²) in [5.74, 6) is 0.483. The van der Waals surface area contributed by atoms with Crippen LogP contribution < -0.4 is 5.73 Å². The number of hydrogen-bond donors (Lipinski definition) is 1. The lowest BCUT2D eigenvalue weighted by atomic mass is 10.1. The molecule has 100 valence electrons. The van der Waals surface area contributed by atoms with Crippen LogP contribution >= 0.6 is 11.6 Å². The van der Waals surface area contributed by atoms with Crippen LogP contribution in [-0.4, -0.2) is 37.9 Å². The first-order valence-corrected chi connectivity index (χ1v) is 8.10. The molecule has 0 radical (unpaired) electrons. The molecule has 2 rings (SSSR count). The van der Waals surface area contributed by atoms with Gasteiger partial charge in [0.15, 0.2) is 9.84 Å². The number of benzene rings is 1. The molecule has 1 heterocycles. The smallest absolute Gasteiger partial charge is 0.152 e. The summed E-state index contributed by atoms with van der Waals surface area (Å²) in [6, 6.07) is 5.80. The Hall–Kier alpha value is -0.620. The zero-order valence-electron chi connectivity index (χ0n) is 10.1. The van der Waals surface area contributed by atoms with Gasteiger partial charge in [-0.3, -0.25) is 4.90 Å². The molecular formula is C12H17ClN2O2S. The van der Waals surface area contributed by atoms with Crippen LogP contribution in [-0.2, 0) is 22.9 Å². The summed E-state index contributed by atoms with van der Waals surface area (Å²) in [7, 11) is -2.82. The van der Waals surface area contributed by atoms with Crippen LogP contribution in [0, 0.1) is 0 Å². The van der Waals surface area contributed by atoms with E-state index in [0.717, 1.165) is 11.1 Å². The van der Waals surface area contributed by atoms with Crippen molar-refractivity contribution in [1.82, 2.24) is 4.90 Å². The number of nitrogens with two attached hydrogens (primary N) is 1. The van der Waals surface area contributed by atoms with Gasteiger partial charge >= 0.3 is 0 Å². The number of halogens is 1. The Bertz CT molecular complexity index is 517. The highest BCUT2D eigenvalue weighted by Gasteiger charge is 2.21. The summed E-state index contributed by atoms with van der Waals surface area (Å²) in [5, 5.41) is 0.700. The molecule has 1 aromatic rings. The Balaban J connectivity index is 2.02. The minimum atomic E-state index is -2.82. The first-order chi connectivity index (χ1) is 8.50. The van der Waals surface area contributed by atoms with Crippen LogP contribution in [0.15, 0.2) is 18.2 Å². The molecule has 1 aliphatic rings. The predicted molar refractivity (Wildman–Crippen MR) is 73.3 cm³/mol. The largest absolute Gasteiger partial charge is 0.326 e. The molecule has 1 saturated heterocycles. The maximum absolute atomic E-state index is 11.3. The highest BCUT2D eigenvalue weighted by molar-refractivity contribution is 7.91. The minimum absolute atomic E-state index is 0.242. The van der Waals surface area contributed by atoms with E-state index in [0.29, 0.717) is 31.2 Å². The molecule has 0 atom stereocenters. The molecule has 18 heavy (non-hydrogen) atoms. The molecule has 0 unspecified atom stereocenters. The van der Waals surface area contributed by atoms with Gasteiger partial charge < -0.3 is 5.73 Å². The topological polar surface area (TPSA) is 63.4 Å². The molecule has 0 saturated carbocycles.